The lowest BCUT2D eigenvalue weighted by atomic mass is 10.3. The van der Waals surface area contributed by atoms with Crippen LogP contribution in [0.25, 0.3) is 0 Å². The molecule has 6 heteroatoms. The number of rotatable bonds is 1. The molecule has 1 aromatic heterocycles. The molecule has 1 aliphatic heterocycles. The van der Waals surface area contributed by atoms with Crippen LogP contribution < -0.4 is 5.73 Å². The van der Waals surface area contributed by atoms with E-state index >= 15 is 0 Å². The highest BCUT2D eigenvalue weighted by Crippen LogP contribution is 2.22. The van der Waals surface area contributed by atoms with Crippen molar-refractivity contribution in [2.75, 3.05) is 13.1 Å². The molecular formula is C9H12BrClN2OS. The predicted molar refractivity (Wildman–Crippen MR) is 67.8 cm³/mol. The van der Waals surface area contributed by atoms with Crippen molar-refractivity contribution in [2.45, 2.75) is 12.5 Å². The third-order valence-corrected chi connectivity index (χ3v) is 3.83. The lowest BCUT2D eigenvalue weighted by molar-refractivity contribution is 0.0791. The summed E-state index contributed by atoms with van der Waals surface area (Å²) in [6.07, 6.45) is 0.914. The molecule has 0 aromatic carbocycles. The van der Waals surface area contributed by atoms with Crippen LogP contribution >= 0.6 is 39.7 Å². The number of halogens is 2. The van der Waals surface area contributed by atoms with Crippen molar-refractivity contribution >= 4 is 45.6 Å². The number of amides is 1. The molecule has 1 unspecified atom stereocenters. The summed E-state index contributed by atoms with van der Waals surface area (Å²) in [6.45, 7) is 1.47. The van der Waals surface area contributed by atoms with Crippen molar-refractivity contribution in [3.05, 3.63) is 20.8 Å². The maximum Gasteiger partial charge on any atom is 0.254 e. The maximum atomic E-state index is 11.9. The topological polar surface area (TPSA) is 46.3 Å². The number of likely N-dealkylation sites (tertiary alicyclic amines) is 1. The van der Waals surface area contributed by atoms with Crippen molar-refractivity contribution in [2.24, 2.45) is 5.73 Å². The first-order valence-electron chi connectivity index (χ1n) is 4.45. The zero-order valence-electron chi connectivity index (χ0n) is 7.98. The van der Waals surface area contributed by atoms with Gasteiger partial charge in [-0.15, -0.1) is 23.7 Å². The van der Waals surface area contributed by atoms with Crippen LogP contribution in [0.3, 0.4) is 0 Å². The van der Waals surface area contributed by atoms with Gasteiger partial charge in [0.15, 0.2) is 0 Å². The van der Waals surface area contributed by atoms with Crippen molar-refractivity contribution in [3.8, 4) is 0 Å². The molecule has 1 aliphatic rings. The van der Waals surface area contributed by atoms with Crippen molar-refractivity contribution in [1.29, 1.82) is 0 Å². The molecule has 0 bridgehead atoms. The SMILES string of the molecule is Cl.NC1CCN(C(=O)c2csc(Br)c2)C1. The molecule has 84 valence electrons. The smallest absolute Gasteiger partial charge is 0.254 e. The quantitative estimate of drug-likeness (QED) is 0.863. The number of carbonyl (C=O) groups is 1. The Balaban J connectivity index is 0.00000112. The van der Waals surface area contributed by atoms with Crippen LogP contribution in [0.4, 0.5) is 0 Å². The fourth-order valence-electron chi connectivity index (χ4n) is 1.58. The van der Waals surface area contributed by atoms with Gasteiger partial charge in [-0.25, -0.2) is 0 Å². The summed E-state index contributed by atoms with van der Waals surface area (Å²) in [6, 6.07) is 2.01. The van der Waals surface area contributed by atoms with Gasteiger partial charge in [-0.1, -0.05) is 0 Å². The van der Waals surface area contributed by atoms with Gasteiger partial charge in [0, 0.05) is 24.5 Å². The van der Waals surface area contributed by atoms with E-state index in [9.17, 15) is 4.79 Å². The number of hydrogen-bond donors (Lipinski definition) is 1. The Morgan fingerprint density at radius 2 is 2.40 bits per heavy atom. The lowest BCUT2D eigenvalue weighted by Gasteiger charge is -2.14. The number of nitrogens with zero attached hydrogens (tertiary/aromatic N) is 1. The Morgan fingerprint density at radius 3 is 2.87 bits per heavy atom. The average Bonchev–Trinajstić information content (AvgIpc) is 2.73. The first-order chi connectivity index (χ1) is 6.66. The summed E-state index contributed by atoms with van der Waals surface area (Å²) in [7, 11) is 0. The predicted octanol–water partition coefficient (Wildman–Crippen LogP) is 2.11. The van der Waals surface area contributed by atoms with Gasteiger partial charge in [0.05, 0.1) is 9.35 Å². The van der Waals surface area contributed by atoms with E-state index in [-0.39, 0.29) is 24.4 Å². The third-order valence-electron chi connectivity index (χ3n) is 2.33. The van der Waals surface area contributed by atoms with Gasteiger partial charge in [0.2, 0.25) is 0 Å². The van der Waals surface area contributed by atoms with E-state index in [2.05, 4.69) is 15.9 Å². The minimum Gasteiger partial charge on any atom is -0.337 e. The lowest BCUT2D eigenvalue weighted by Crippen LogP contribution is -2.31. The Morgan fingerprint density at radius 1 is 1.67 bits per heavy atom. The van der Waals surface area contributed by atoms with Crippen LogP contribution in [-0.4, -0.2) is 29.9 Å². The number of thiophene rings is 1. The highest BCUT2D eigenvalue weighted by Gasteiger charge is 2.24. The normalized spacial score (nSPS) is 20.1. The second kappa shape index (κ2) is 5.30. The molecule has 1 fully saturated rings. The van der Waals surface area contributed by atoms with Gasteiger partial charge < -0.3 is 10.6 Å². The van der Waals surface area contributed by atoms with Gasteiger partial charge >= 0.3 is 0 Å². The Bertz CT molecular complexity index is 358. The summed E-state index contributed by atoms with van der Waals surface area (Å²) < 4.78 is 0.990. The molecular weight excluding hydrogens is 300 g/mol. The van der Waals surface area contributed by atoms with Crippen LogP contribution in [0.5, 0.6) is 0 Å². The summed E-state index contributed by atoms with van der Waals surface area (Å²) >= 11 is 4.87. The standard InChI is InChI=1S/C9H11BrN2OS.ClH/c10-8-3-6(5-14-8)9(13)12-2-1-7(11)4-12;/h3,5,7H,1-2,4,11H2;1H. The minimum absolute atomic E-state index is 0. The third kappa shape index (κ3) is 2.93. The summed E-state index contributed by atoms with van der Waals surface area (Å²) in [5.41, 5.74) is 6.51. The zero-order chi connectivity index (χ0) is 10.1. The molecule has 1 aromatic rings. The van der Waals surface area contributed by atoms with E-state index in [0.29, 0.717) is 6.54 Å². The van der Waals surface area contributed by atoms with Gasteiger partial charge in [-0.3, -0.25) is 4.79 Å². The molecule has 1 amide bonds. The molecule has 1 saturated heterocycles. The molecule has 2 rings (SSSR count). The van der Waals surface area contributed by atoms with E-state index in [1.165, 1.54) is 11.3 Å². The fraction of sp³-hybridized carbons (Fsp3) is 0.444. The molecule has 3 nitrogen and oxygen atoms in total. The highest BCUT2D eigenvalue weighted by atomic mass is 79.9. The van der Waals surface area contributed by atoms with Crippen LogP contribution in [0.2, 0.25) is 0 Å². The van der Waals surface area contributed by atoms with Crippen LogP contribution in [0.1, 0.15) is 16.8 Å². The van der Waals surface area contributed by atoms with Crippen LogP contribution in [0.15, 0.2) is 15.2 Å². The number of hydrogen-bond acceptors (Lipinski definition) is 3. The molecule has 0 radical (unpaired) electrons. The minimum atomic E-state index is 0. The van der Waals surface area contributed by atoms with E-state index in [4.69, 9.17) is 5.73 Å². The van der Waals surface area contributed by atoms with Crippen LogP contribution in [-0.2, 0) is 0 Å². The van der Waals surface area contributed by atoms with E-state index in [1.54, 1.807) is 0 Å². The highest BCUT2D eigenvalue weighted by molar-refractivity contribution is 9.11. The van der Waals surface area contributed by atoms with E-state index in [0.717, 1.165) is 22.3 Å². The molecule has 0 aliphatic carbocycles. The number of carbonyl (C=O) groups excluding carboxylic acids is 1. The molecule has 15 heavy (non-hydrogen) atoms. The fourth-order valence-corrected chi connectivity index (χ4v) is 2.71. The van der Waals surface area contributed by atoms with Gasteiger partial charge in [-0.2, -0.15) is 0 Å². The Kier molecular flexibility index (Phi) is 4.58. The Hall–Kier alpha value is -0.100. The zero-order valence-corrected chi connectivity index (χ0v) is 11.2. The van der Waals surface area contributed by atoms with Gasteiger partial charge in [0.1, 0.15) is 0 Å². The van der Waals surface area contributed by atoms with Crippen molar-refractivity contribution in [3.63, 3.8) is 0 Å². The molecule has 0 spiro atoms. The van der Waals surface area contributed by atoms with Crippen LogP contribution in [0, 0.1) is 0 Å². The molecule has 2 heterocycles. The van der Waals surface area contributed by atoms with Crippen molar-refractivity contribution < 1.29 is 4.79 Å². The van der Waals surface area contributed by atoms with Crippen molar-refractivity contribution in [1.82, 2.24) is 4.90 Å². The second-order valence-corrected chi connectivity index (χ2v) is 5.73. The molecule has 2 N–H and O–H groups in total. The average molecular weight is 312 g/mol. The first-order valence-corrected chi connectivity index (χ1v) is 6.13. The van der Waals surface area contributed by atoms with E-state index in [1.807, 2.05) is 16.3 Å². The van der Waals surface area contributed by atoms with Gasteiger partial charge in [0.25, 0.3) is 5.91 Å². The van der Waals surface area contributed by atoms with E-state index < -0.39 is 0 Å². The molecule has 1 atom stereocenters. The Labute approximate surface area is 107 Å². The molecule has 0 saturated carbocycles. The largest absolute Gasteiger partial charge is 0.337 e. The first kappa shape index (κ1) is 13.0. The summed E-state index contributed by atoms with van der Waals surface area (Å²) in [5.74, 6) is 0.0971. The summed E-state index contributed by atoms with van der Waals surface area (Å²) in [5, 5.41) is 1.87. The second-order valence-electron chi connectivity index (χ2n) is 3.44. The van der Waals surface area contributed by atoms with Gasteiger partial charge in [-0.05, 0) is 28.4 Å². The summed E-state index contributed by atoms with van der Waals surface area (Å²) in [4.78, 5) is 13.7. The number of nitrogens with two attached hydrogens (primary N) is 1. The maximum absolute atomic E-state index is 11.9. The monoisotopic (exact) mass is 310 g/mol.